The van der Waals surface area contributed by atoms with Crippen molar-refractivity contribution < 1.29 is 4.79 Å². The number of halogens is 2. The van der Waals surface area contributed by atoms with Gasteiger partial charge in [0.15, 0.2) is 0 Å². The Hall–Kier alpha value is -1.35. The molecule has 1 aliphatic rings. The zero-order valence-corrected chi connectivity index (χ0v) is 13.4. The molecule has 0 aromatic carbocycles. The highest BCUT2D eigenvalue weighted by atomic mass is 35.5. The molecule has 0 spiro atoms. The molecule has 0 radical (unpaired) electrons. The Labute approximate surface area is 134 Å². The Bertz CT molecular complexity index is 589. The summed E-state index contributed by atoms with van der Waals surface area (Å²) < 4.78 is 0. The summed E-state index contributed by atoms with van der Waals surface area (Å²) >= 11 is 11.6. The van der Waals surface area contributed by atoms with Gasteiger partial charge in [0.05, 0.1) is 16.7 Å². The third-order valence-electron chi connectivity index (χ3n) is 3.67. The fourth-order valence-electron chi connectivity index (χ4n) is 2.26. The minimum Gasteiger partial charge on any atom is -0.336 e. The van der Waals surface area contributed by atoms with E-state index in [1.807, 2.05) is 13.8 Å². The van der Waals surface area contributed by atoms with E-state index < -0.39 is 5.54 Å². The summed E-state index contributed by atoms with van der Waals surface area (Å²) in [6.07, 6.45) is 1.43. The van der Waals surface area contributed by atoms with E-state index in [4.69, 9.17) is 28.5 Å². The van der Waals surface area contributed by atoms with Crippen LogP contribution in [0.25, 0.3) is 0 Å². The van der Waals surface area contributed by atoms with Crippen LogP contribution in [0.1, 0.15) is 24.2 Å². The van der Waals surface area contributed by atoms with Gasteiger partial charge < -0.3 is 4.90 Å². The predicted molar refractivity (Wildman–Crippen MR) is 81.4 cm³/mol. The van der Waals surface area contributed by atoms with Gasteiger partial charge in [-0.3, -0.25) is 9.69 Å². The van der Waals surface area contributed by atoms with Crippen molar-refractivity contribution in [1.29, 1.82) is 5.26 Å². The number of nitriles is 1. The standard InChI is InChI=1S/C14H16Cl2N4O/c1-14(2,9-17)20-5-3-19(4-6-20)13(21)10-7-11(15)12(16)18-8-10/h7-8H,3-6H2,1-2H3. The van der Waals surface area contributed by atoms with Crippen LogP contribution in [0.4, 0.5) is 0 Å². The monoisotopic (exact) mass is 326 g/mol. The predicted octanol–water partition coefficient (Wildman–Crippen LogP) is 2.45. The SMILES string of the molecule is CC(C)(C#N)N1CCN(C(=O)c2cnc(Cl)c(Cl)c2)CC1. The van der Waals surface area contributed by atoms with Crippen LogP contribution in [-0.4, -0.2) is 52.4 Å². The summed E-state index contributed by atoms with van der Waals surface area (Å²) in [7, 11) is 0. The summed E-state index contributed by atoms with van der Waals surface area (Å²) in [5, 5.41) is 9.61. The Morgan fingerprint density at radius 1 is 1.33 bits per heavy atom. The number of aromatic nitrogens is 1. The molecule has 1 aliphatic heterocycles. The summed E-state index contributed by atoms with van der Waals surface area (Å²) in [5.41, 5.74) is -0.0855. The van der Waals surface area contributed by atoms with Gasteiger partial charge in [-0.15, -0.1) is 0 Å². The van der Waals surface area contributed by atoms with Crippen LogP contribution in [0.2, 0.25) is 10.2 Å². The van der Waals surface area contributed by atoms with E-state index in [1.165, 1.54) is 12.3 Å². The van der Waals surface area contributed by atoms with E-state index in [0.29, 0.717) is 31.7 Å². The number of pyridine rings is 1. The molecule has 2 heterocycles. The number of hydrogen-bond acceptors (Lipinski definition) is 4. The van der Waals surface area contributed by atoms with Gasteiger partial charge in [-0.1, -0.05) is 23.2 Å². The first-order valence-electron chi connectivity index (χ1n) is 6.62. The Balaban J connectivity index is 2.04. The molecule has 1 aromatic heterocycles. The summed E-state index contributed by atoms with van der Waals surface area (Å²) in [5.74, 6) is -0.115. The lowest BCUT2D eigenvalue weighted by Gasteiger charge is -2.40. The lowest BCUT2D eigenvalue weighted by atomic mass is 10.0. The van der Waals surface area contributed by atoms with Crippen molar-refractivity contribution in [2.45, 2.75) is 19.4 Å². The third-order valence-corrected chi connectivity index (χ3v) is 4.36. The number of carbonyl (C=O) groups excluding carboxylic acids is 1. The van der Waals surface area contributed by atoms with Gasteiger partial charge in [-0.25, -0.2) is 4.98 Å². The van der Waals surface area contributed by atoms with Gasteiger partial charge in [-0.2, -0.15) is 5.26 Å². The average molecular weight is 327 g/mol. The maximum Gasteiger partial charge on any atom is 0.255 e. The van der Waals surface area contributed by atoms with Gasteiger partial charge >= 0.3 is 0 Å². The number of hydrogen-bond donors (Lipinski definition) is 0. The average Bonchev–Trinajstić information content (AvgIpc) is 2.49. The van der Waals surface area contributed by atoms with Crippen LogP contribution < -0.4 is 0 Å². The maximum absolute atomic E-state index is 12.4. The van der Waals surface area contributed by atoms with Gasteiger partial charge in [0.25, 0.3) is 5.91 Å². The number of piperazine rings is 1. The molecule has 2 rings (SSSR count). The maximum atomic E-state index is 12.4. The molecular formula is C14H16Cl2N4O. The van der Waals surface area contributed by atoms with Gasteiger partial charge in [0, 0.05) is 32.4 Å². The van der Waals surface area contributed by atoms with E-state index in [9.17, 15) is 4.79 Å². The highest BCUT2D eigenvalue weighted by Crippen LogP contribution is 2.21. The van der Waals surface area contributed by atoms with Gasteiger partial charge in [-0.05, 0) is 19.9 Å². The highest BCUT2D eigenvalue weighted by molar-refractivity contribution is 6.41. The van der Waals surface area contributed by atoms with Crippen molar-refractivity contribution in [2.24, 2.45) is 0 Å². The smallest absolute Gasteiger partial charge is 0.255 e. The summed E-state index contributed by atoms with van der Waals surface area (Å²) in [4.78, 5) is 20.1. The molecular weight excluding hydrogens is 311 g/mol. The van der Waals surface area contributed by atoms with E-state index in [0.717, 1.165) is 0 Å². The first-order valence-corrected chi connectivity index (χ1v) is 7.37. The van der Waals surface area contributed by atoms with E-state index in [-0.39, 0.29) is 16.1 Å². The number of nitrogens with zero attached hydrogens (tertiary/aromatic N) is 4. The van der Waals surface area contributed by atoms with Crippen molar-refractivity contribution in [3.8, 4) is 6.07 Å². The highest BCUT2D eigenvalue weighted by Gasteiger charge is 2.31. The largest absolute Gasteiger partial charge is 0.336 e. The molecule has 1 fully saturated rings. The first kappa shape index (κ1) is 16.0. The van der Waals surface area contributed by atoms with E-state index in [1.54, 1.807) is 4.90 Å². The summed E-state index contributed by atoms with van der Waals surface area (Å²) in [6, 6.07) is 3.81. The van der Waals surface area contributed by atoms with Crippen molar-refractivity contribution in [2.75, 3.05) is 26.2 Å². The second kappa shape index (κ2) is 6.18. The van der Waals surface area contributed by atoms with Crippen molar-refractivity contribution in [3.05, 3.63) is 28.0 Å². The van der Waals surface area contributed by atoms with E-state index in [2.05, 4.69) is 16.0 Å². The Kier molecular flexibility index (Phi) is 4.72. The van der Waals surface area contributed by atoms with Crippen LogP contribution in [0.3, 0.4) is 0 Å². The first-order chi connectivity index (χ1) is 9.85. The Morgan fingerprint density at radius 3 is 2.48 bits per heavy atom. The van der Waals surface area contributed by atoms with Crippen LogP contribution in [0.15, 0.2) is 12.3 Å². The zero-order chi connectivity index (χ0) is 15.6. The number of rotatable bonds is 2. The molecule has 0 bridgehead atoms. The molecule has 1 aromatic rings. The van der Waals surface area contributed by atoms with Crippen molar-refractivity contribution in [3.63, 3.8) is 0 Å². The molecule has 0 N–H and O–H groups in total. The molecule has 21 heavy (non-hydrogen) atoms. The molecule has 7 heteroatoms. The van der Waals surface area contributed by atoms with E-state index >= 15 is 0 Å². The molecule has 0 saturated carbocycles. The lowest BCUT2D eigenvalue weighted by molar-refractivity contribution is 0.0520. The molecule has 0 aliphatic carbocycles. The van der Waals surface area contributed by atoms with Crippen LogP contribution in [-0.2, 0) is 0 Å². The minimum atomic E-state index is -0.514. The van der Waals surface area contributed by atoms with Crippen LogP contribution >= 0.6 is 23.2 Å². The normalized spacial score (nSPS) is 16.6. The minimum absolute atomic E-state index is 0.115. The van der Waals surface area contributed by atoms with Gasteiger partial charge in [0.1, 0.15) is 10.7 Å². The molecule has 1 amide bonds. The molecule has 0 atom stereocenters. The van der Waals surface area contributed by atoms with Gasteiger partial charge in [0.2, 0.25) is 0 Å². The van der Waals surface area contributed by atoms with Crippen molar-refractivity contribution in [1.82, 2.24) is 14.8 Å². The topological polar surface area (TPSA) is 60.2 Å². The summed E-state index contributed by atoms with van der Waals surface area (Å²) in [6.45, 7) is 6.25. The lowest BCUT2D eigenvalue weighted by Crippen LogP contribution is -2.55. The zero-order valence-electron chi connectivity index (χ0n) is 11.9. The van der Waals surface area contributed by atoms with Crippen LogP contribution in [0.5, 0.6) is 0 Å². The Morgan fingerprint density at radius 2 is 1.95 bits per heavy atom. The second-order valence-corrected chi connectivity index (χ2v) is 6.21. The second-order valence-electron chi connectivity index (χ2n) is 5.45. The molecule has 5 nitrogen and oxygen atoms in total. The number of carbonyl (C=O) groups is 1. The van der Waals surface area contributed by atoms with Crippen LogP contribution in [0, 0.1) is 11.3 Å². The number of amides is 1. The third kappa shape index (κ3) is 3.46. The molecule has 112 valence electrons. The molecule has 0 unspecified atom stereocenters. The quantitative estimate of drug-likeness (QED) is 0.783. The fraction of sp³-hybridized carbons (Fsp3) is 0.500. The fourth-order valence-corrected chi connectivity index (χ4v) is 2.53. The molecule has 1 saturated heterocycles. The van der Waals surface area contributed by atoms with Crippen molar-refractivity contribution >= 4 is 29.1 Å².